The fourth-order valence-corrected chi connectivity index (χ4v) is 5.61. The zero-order valence-electron chi connectivity index (χ0n) is 17.4. The van der Waals surface area contributed by atoms with Crippen LogP contribution >= 0.6 is 23.2 Å². The van der Waals surface area contributed by atoms with Crippen LogP contribution in [0.5, 0.6) is 0 Å². The number of piperidine rings is 3. The minimum absolute atomic E-state index is 0.263. The Bertz CT molecular complexity index is 1020. The van der Waals surface area contributed by atoms with E-state index in [9.17, 15) is 0 Å². The summed E-state index contributed by atoms with van der Waals surface area (Å²) in [6, 6.07) is 27.9. The van der Waals surface area contributed by atoms with Gasteiger partial charge in [-0.15, -0.1) is 0 Å². The molecule has 0 saturated carbocycles. The van der Waals surface area contributed by atoms with Gasteiger partial charge in [-0.05, 0) is 48.7 Å². The highest BCUT2D eigenvalue weighted by Gasteiger charge is 2.43. The van der Waals surface area contributed by atoms with Crippen LogP contribution in [0.15, 0.2) is 83.9 Å². The molecular weight excluding hydrogens is 423 g/mol. The van der Waals surface area contributed by atoms with E-state index in [4.69, 9.17) is 28.2 Å². The van der Waals surface area contributed by atoms with Crippen molar-refractivity contribution in [2.75, 3.05) is 13.1 Å². The standard InChI is InChI=1S/C27H26Cl2N2/c28-23-13-7-12-22(25(23)29)18-30-26-21-14-16-31(17-15-21)27(26)24(19-8-3-1-4-9-19)20-10-5-2-6-11-20/h1-13,21,24,27H,14-18H2/b30-26+. The van der Waals surface area contributed by atoms with Crippen LogP contribution in [0.25, 0.3) is 0 Å². The molecule has 3 heterocycles. The highest BCUT2D eigenvalue weighted by molar-refractivity contribution is 6.42. The Labute approximate surface area is 194 Å². The third-order valence-corrected chi connectivity index (χ3v) is 7.60. The van der Waals surface area contributed by atoms with Gasteiger partial charge in [-0.3, -0.25) is 9.89 Å². The number of aliphatic imine (C=N–C) groups is 1. The third kappa shape index (κ3) is 4.17. The van der Waals surface area contributed by atoms with Gasteiger partial charge in [-0.1, -0.05) is 96.0 Å². The lowest BCUT2D eigenvalue weighted by molar-refractivity contribution is 0.135. The summed E-state index contributed by atoms with van der Waals surface area (Å²) in [5.74, 6) is 0.807. The summed E-state index contributed by atoms with van der Waals surface area (Å²) in [5.41, 5.74) is 5.01. The van der Waals surface area contributed by atoms with Gasteiger partial charge in [0.2, 0.25) is 0 Å². The Morgan fingerprint density at radius 2 is 1.42 bits per heavy atom. The van der Waals surface area contributed by atoms with E-state index in [-0.39, 0.29) is 12.0 Å². The van der Waals surface area contributed by atoms with Crippen molar-refractivity contribution in [2.45, 2.75) is 31.3 Å². The fourth-order valence-electron chi connectivity index (χ4n) is 5.23. The molecule has 3 aromatic rings. The Balaban J connectivity index is 1.57. The maximum atomic E-state index is 6.47. The minimum atomic E-state index is 0.263. The molecule has 2 bridgehead atoms. The van der Waals surface area contributed by atoms with Gasteiger partial charge in [0.1, 0.15) is 0 Å². The van der Waals surface area contributed by atoms with Gasteiger partial charge in [-0.2, -0.15) is 0 Å². The molecule has 3 fully saturated rings. The highest BCUT2D eigenvalue weighted by atomic mass is 35.5. The molecule has 1 atom stereocenters. The first-order chi connectivity index (χ1) is 15.2. The molecule has 1 unspecified atom stereocenters. The van der Waals surface area contributed by atoms with Gasteiger partial charge in [0.05, 0.1) is 22.6 Å². The summed E-state index contributed by atoms with van der Waals surface area (Å²) in [4.78, 5) is 7.87. The van der Waals surface area contributed by atoms with Gasteiger partial charge in [0.25, 0.3) is 0 Å². The van der Waals surface area contributed by atoms with E-state index in [0.717, 1.165) is 18.7 Å². The van der Waals surface area contributed by atoms with Crippen molar-refractivity contribution in [1.82, 2.24) is 4.90 Å². The monoisotopic (exact) mass is 448 g/mol. The molecule has 2 nitrogen and oxygen atoms in total. The molecule has 3 aliphatic rings. The summed E-state index contributed by atoms with van der Waals surface area (Å²) in [5, 5.41) is 1.21. The largest absolute Gasteiger partial charge is 0.294 e. The molecular formula is C27H26Cl2N2. The Morgan fingerprint density at radius 3 is 2.03 bits per heavy atom. The Hall–Kier alpha value is -2.13. The topological polar surface area (TPSA) is 15.6 Å². The van der Waals surface area contributed by atoms with Crippen molar-refractivity contribution in [1.29, 1.82) is 0 Å². The maximum absolute atomic E-state index is 6.47. The van der Waals surface area contributed by atoms with Gasteiger partial charge in [0, 0.05) is 17.5 Å². The van der Waals surface area contributed by atoms with Crippen LogP contribution in [0.2, 0.25) is 10.0 Å². The number of hydrogen-bond acceptors (Lipinski definition) is 2. The average molecular weight is 449 g/mol. The molecule has 4 heteroatoms. The molecule has 0 radical (unpaired) electrons. The Morgan fingerprint density at radius 1 is 0.806 bits per heavy atom. The molecule has 0 aliphatic carbocycles. The summed E-state index contributed by atoms with van der Waals surface area (Å²) < 4.78 is 0. The van der Waals surface area contributed by atoms with Crippen molar-refractivity contribution in [3.05, 3.63) is 106 Å². The Kier molecular flexibility index (Phi) is 6.13. The number of halogens is 2. The number of rotatable bonds is 5. The molecule has 3 saturated heterocycles. The first-order valence-electron chi connectivity index (χ1n) is 11.0. The lowest BCUT2D eigenvalue weighted by atomic mass is 9.72. The van der Waals surface area contributed by atoms with Gasteiger partial charge >= 0.3 is 0 Å². The van der Waals surface area contributed by atoms with Crippen LogP contribution in [-0.4, -0.2) is 29.7 Å². The molecule has 0 N–H and O–H groups in total. The van der Waals surface area contributed by atoms with E-state index < -0.39 is 0 Å². The zero-order chi connectivity index (χ0) is 21.2. The highest BCUT2D eigenvalue weighted by Crippen LogP contribution is 2.40. The smallest absolute Gasteiger partial charge is 0.0655 e. The minimum Gasteiger partial charge on any atom is -0.294 e. The van der Waals surface area contributed by atoms with Crippen molar-refractivity contribution in [3.8, 4) is 0 Å². The van der Waals surface area contributed by atoms with E-state index in [2.05, 4.69) is 65.6 Å². The summed E-state index contributed by atoms with van der Waals surface area (Å²) >= 11 is 12.7. The SMILES string of the molecule is Clc1cccc(C/N=C2\C3CCN(CC3)C2C(c2ccccc2)c2ccccc2)c1Cl. The van der Waals surface area contributed by atoms with Crippen LogP contribution in [0.1, 0.15) is 35.4 Å². The molecule has 6 rings (SSSR count). The van der Waals surface area contributed by atoms with Gasteiger partial charge in [0.15, 0.2) is 0 Å². The second-order valence-electron chi connectivity index (χ2n) is 8.51. The van der Waals surface area contributed by atoms with Crippen LogP contribution in [0.3, 0.4) is 0 Å². The third-order valence-electron chi connectivity index (χ3n) is 6.74. The van der Waals surface area contributed by atoms with E-state index in [1.807, 2.05) is 18.2 Å². The predicted octanol–water partition coefficient (Wildman–Crippen LogP) is 6.86. The molecule has 0 aromatic heterocycles. The van der Waals surface area contributed by atoms with E-state index in [1.165, 1.54) is 29.7 Å². The lowest BCUT2D eigenvalue weighted by Crippen LogP contribution is -2.58. The van der Waals surface area contributed by atoms with Crippen LogP contribution < -0.4 is 0 Å². The number of benzene rings is 3. The quantitative estimate of drug-likeness (QED) is 0.416. The van der Waals surface area contributed by atoms with Crippen LogP contribution in [0.4, 0.5) is 0 Å². The maximum Gasteiger partial charge on any atom is 0.0655 e. The van der Waals surface area contributed by atoms with Crippen molar-refractivity contribution in [2.24, 2.45) is 10.9 Å². The molecule has 3 aliphatic heterocycles. The molecule has 3 aromatic carbocycles. The van der Waals surface area contributed by atoms with Crippen LogP contribution in [-0.2, 0) is 6.54 Å². The number of nitrogens with zero attached hydrogens (tertiary/aromatic N) is 2. The van der Waals surface area contributed by atoms with E-state index in [0.29, 0.717) is 22.5 Å². The van der Waals surface area contributed by atoms with Crippen molar-refractivity contribution < 1.29 is 0 Å². The zero-order valence-corrected chi connectivity index (χ0v) is 18.9. The van der Waals surface area contributed by atoms with Crippen LogP contribution in [0, 0.1) is 5.92 Å². The normalized spacial score (nSPS) is 24.1. The molecule has 0 amide bonds. The lowest BCUT2D eigenvalue weighted by Gasteiger charge is -2.49. The fraction of sp³-hybridized carbons (Fsp3) is 0.296. The van der Waals surface area contributed by atoms with Gasteiger partial charge < -0.3 is 0 Å². The average Bonchev–Trinajstić information content (AvgIpc) is 2.83. The first-order valence-corrected chi connectivity index (χ1v) is 11.8. The summed E-state index contributed by atoms with van der Waals surface area (Å²) in [7, 11) is 0. The van der Waals surface area contributed by atoms with Gasteiger partial charge in [-0.25, -0.2) is 0 Å². The predicted molar refractivity (Wildman–Crippen MR) is 130 cm³/mol. The van der Waals surface area contributed by atoms with E-state index >= 15 is 0 Å². The van der Waals surface area contributed by atoms with Crippen molar-refractivity contribution >= 4 is 28.9 Å². The molecule has 0 spiro atoms. The number of fused-ring (bicyclic) bond motifs is 3. The molecule has 158 valence electrons. The van der Waals surface area contributed by atoms with Crippen molar-refractivity contribution in [3.63, 3.8) is 0 Å². The first kappa shape index (κ1) is 20.8. The second kappa shape index (κ2) is 9.16. The molecule has 31 heavy (non-hydrogen) atoms. The van der Waals surface area contributed by atoms with E-state index in [1.54, 1.807) is 0 Å². The summed E-state index contributed by atoms with van der Waals surface area (Å²) in [6.07, 6.45) is 2.38. The summed E-state index contributed by atoms with van der Waals surface area (Å²) in [6.45, 7) is 2.86. The number of hydrogen-bond donors (Lipinski definition) is 0. The second-order valence-corrected chi connectivity index (χ2v) is 9.29.